The standard InChI is InChI=1S/C6H14O.C3H6O.H2O/c1-5(2)7-6(3)4;1-3(2)4;/h5-6H,1-4H3;1-2H3;1H2. The van der Waals surface area contributed by atoms with Crippen molar-refractivity contribution in [2.45, 2.75) is 53.8 Å². The number of rotatable bonds is 2. The second-order valence-electron chi connectivity index (χ2n) is 3.14. The number of ether oxygens (including phenoxy) is 1. The molecule has 12 heavy (non-hydrogen) atoms. The van der Waals surface area contributed by atoms with E-state index in [-0.39, 0.29) is 11.3 Å². The van der Waals surface area contributed by atoms with Crippen molar-refractivity contribution in [3.63, 3.8) is 0 Å². The molecule has 0 aliphatic carbocycles. The van der Waals surface area contributed by atoms with Gasteiger partial charge in [-0.3, -0.25) is 0 Å². The molecular weight excluding hydrogens is 156 g/mol. The van der Waals surface area contributed by atoms with Gasteiger partial charge in [0.05, 0.1) is 12.2 Å². The predicted octanol–water partition coefficient (Wildman–Crippen LogP) is 1.59. The van der Waals surface area contributed by atoms with Crippen molar-refractivity contribution < 1.29 is 15.0 Å². The van der Waals surface area contributed by atoms with Gasteiger partial charge in [-0.2, -0.15) is 0 Å². The topological polar surface area (TPSA) is 57.8 Å². The minimum Gasteiger partial charge on any atom is -0.412 e. The van der Waals surface area contributed by atoms with Crippen LogP contribution in [0.4, 0.5) is 0 Å². The molecule has 2 N–H and O–H groups in total. The zero-order valence-corrected chi connectivity index (χ0v) is 8.97. The van der Waals surface area contributed by atoms with Crippen molar-refractivity contribution in [1.29, 1.82) is 0 Å². The Morgan fingerprint density at radius 2 is 1.17 bits per heavy atom. The van der Waals surface area contributed by atoms with Gasteiger partial charge in [-0.1, -0.05) is 0 Å². The lowest BCUT2D eigenvalue weighted by atomic mass is 10.4. The summed E-state index contributed by atoms with van der Waals surface area (Å²) in [6, 6.07) is 0. The molecule has 0 unspecified atom stereocenters. The molecular formula is C9H22O3. The maximum Gasteiger partial charge on any atom is 0.126 e. The first-order chi connectivity index (χ1) is 4.86. The molecule has 0 spiro atoms. The number of hydrogen-bond acceptors (Lipinski definition) is 2. The van der Waals surface area contributed by atoms with E-state index in [1.54, 1.807) is 0 Å². The third-order valence-electron chi connectivity index (χ3n) is 0.544. The molecule has 0 rings (SSSR count). The van der Waals surface area contributed by atoms with Crippen LogP contribution in [0, 0.1) is 0 Å². The first-order valence-electron chi connectivity index (χ1n) is 3.98. The molecule has 0 aliphatic rings. The summed E-state index contributed by atoms with van der Waals surface area (Å²) in [6.07, 6.45) is 0.750. The Kier molecular flexibility index (Phi) is 15.5. The summed E-state index contributed by atoms with van der Waals surface area (Å²) >= 11 is 0. The lowest BCUT2D eigenvalue weighted by Gasteiger charge is -2.09. The van der Waals surface area contributed by atoms with Gasteiger partial charge in [-0.05, 0) is 41.5 Å². The third kappa shape index (κ3) is 54.9. The quantitative estimate of drug-likeness (QED) is 0.644. The van der Waals surface area contributed by atoms with Crippen LogP contribution in [0.25, 0.3) is 0 Å². The van der Waals surface area contributed by atoms with E-state index in [2.05, 4.69) is 0 Å². The molecule has 0 aromatic rings. The molecule has 0 saturated heterocycles. The Hall–Kier alpha value is -0.410. The van der Waals surface area contributed by atoms with Crippen LogP contribution in [0.15, 0.2) is 0 Å². The fourth-order valence-corrected chi connectivity index (χ4v) is 0.544. The van der Waals surface area contributed by atoms with Crippen molar-refractivity contribution in [3.8, 4) is 0 Å². The Balaban J connectivity index is -0.000000142. The van der Waals surface area contributed by atoms with Gasteiger partial charge in [0.15, 0.2) is 0 Å². The smallest absolute Gasteiger partial charge is 0.126 e. The van der Waals surface area contributed by atoms with Gasteiger partial charge in [0.1, 0.15) is 5.78 Å². The van der Waals surface area contributed by atoms with Crippen molar-refractivity contribution in [3.05, 3.63) is 0 Å². The Bertz CT molecular complexity index is 87.9. The zero-order chi connectivity index (χ0) is 9.44. The molecule has 0 heterocycles. The van der Waals surface area contributed by atoms with E-state index < -0.39 is 0 Å². The minimum atomic E-state index is 0. The fourth-order valence-electron chi connectivity index (χ4n) is 0.544. The van der Waals surface area contributed by atoms with Crippen LogP contribution in [0.3, 0.4) is 0 Å². The number of hydrogen-bond donors (Lipinski definition) is 0. The summed E-state index contributed by atoms with van der Waals surface area (Å²) < 4.78 is 5.25. The monoisotopic (exact) mass is 178 g/mol. The van der Waals surface area contributed by atoms with E-state index in [1.165, 1.54) is 13.8 Å². The lowest BCUT2D eigenvalue weighted by Crippen LogP contribution is -2.09. The highest BCUT2D eigenvalue weighted by molar-refractivity contribution is 5.72. The van der Waals surface area contributed by atoms with Gasteiger partial charge in [0.2, 0.25) is 0 Å². The van der Waals surface area contributed by atoms with Crippen molar-refractivity contribution in [1.82, 2.24) is 0 Å². The Morgan fingerprint density at radius 3 is 1.17 bits per heavy atom. The highest BCUT2D eigenvalue weighted by Gasteiger charge is 1.94. The summed E-state index contributed by atoms with van der Waals surface area (Å²) in [6.45, 7) is 11.2. The van der Waals surface area contributed by atoms with Crippen LogP contribution < -0.4 is 0 Å². The second kappa shape index (κ2) is 10.6. The number of carbonyl (C=O) groups excluding carboxylic acids is 1. The van der Waals surface area contributed by atoms with Crippen LogP contribution in [0.5, 0.6) is 0 Å². The van der Waals surface area contributed by atoms with Crippen molar-refractivity contribution in [2.75, 3.05) is 0 Å². The summed E-state index contributed by atoms with van der Waals surface area (Å²) in [5.41, 5.74) is 0. The fraction of sp³-hybridized carbons (Fsp3) is 0.889. The van der Waals surface area contributed by atoms with Gasteiger partial charge in [-0.15, -0.1) is 0 Å². The van der Waals surface area contributed by atoms with Gasteiger partial charge in [-0.25, -0.2) is 0 Å². The van der Waals surface area contributed by atoms with Gasteiger partial charge >= 0.3 is 0 Å². The normalized spacial score (nSPS) is 8.67. The van der Waals surface area contributed by atoms with Gasteiger partial charge < -0.3 is 15.0 Å². The lowest BCUT2D eigenvalue weighted by molar-refractivity contribution is -0.114. The molecule has 0 aliphatic heterocycles. The number of Topliss-reactive ketones (excluding diaryl/α,β-unsaturated/α-hetero) is 1. The predicted molar refractivity (Wildman–Crippen MR) is 51.3 cm³/mol. The van der Waals surface area contributed by atoms with Gasteiger partial charge in [0.25, 0.3) is 0 Å². The maximum absolute atomic E-state index is 9.44. The molecule has 0 aromatic heterocycles. The second-order valence-corrected chi connectivity index (χ2v) is 3.14. The van der Waals surface area contributed by atoms with Crippen LogP contribution in [-0.2, 0) is 9.53 Å². The van der Waals surface area contributed by atoms with Crippen molar-refractivity contribution in [2.24, 2.45) is 0 Å². The summed E-state index contributed by atoms with van der Waals surface area (Å²) in [7, 11) is 0. The molecule has 3 heteroatoms. The SMILES string of the molecule is CC(C)=O.CC(C)OC(C)C.O. The molecule has 0 bridgehead atoms. The largest absolute Gasteiger partial charge is 0.412 e. The van der Waals surface area contributed by atoms with Crippen LogP contribution in [0.2, 0.25) is 0 Å². The molecule has 0 radical (unpaired) electrons. The summed E-state index contributed by atoms with van der Waals surface area (Å²) in [5.74, 6) is 0.167. The first kappa shape index (κ1) is 17.6. The van der Waals surface area contributed by atoms with Crippen LogP contribution in [-0.4, -0.2) is 23.5 Å². The number of carbonyl (C=O) groups is 1. The van der Waals surface area contributed by atoms with Crippen LogP contribution >= 0.6 is 0 Å². The summed E-state index contributed by atoms with van der Waals surface area (Å²) in [4.78, 5) is 9.44. The highest BCUT2D eigenvalue weighted by atomic mass is 16.5. The Morgan fingerprint density at radius 1 is 1.00 bits per heavy atom. The first-order valence-corrected chi connectivity index (χ1v) is 3.98. The molecule has 0 amide bonds. The molecule has 0 aromatic carbocycles. The molecule has 3 nitrogen and oxygen atoms in total. The minimum absolute atomic E-state index is 0. The van der Waals surface area contributed by atoms with E-state index in [1.807, 2.05) is 27.7 Å². The van der Waals surface area contributed by atoms with E-state index in [0.29, 0.717) is 12.2 Å². The van der Waals surface area contributed by atoms with Crippen molar-refractivity contribution >= 4 is 5.78 Å². The molecule has 0 atom stereocenters. The average Bonchev–Trinajstić information content (AvgIpc) is 1.56. The van der Waals surface area contributed by atoms with E-state index in [0.717, 1.165) is 0 Å². The maximum atomic E-state index is 9.44. The molecule has 0 saturated carbocycles. The third-order valence-corrected chi connectivity index (χ3v) is 0.544. The van der Waals surface area contributed by atoms with E-state index in [4.69, 9.17) is 4.74 Å². The average molecular weight is 178 g/mol. The van der Waals surface area contributed by atoms with Crippen LogP contribution in [0.1, 0.15) is 41.5 Å². The molecule has 76 valence electrons. The zero-order valence-electron chi connectivity index (χ0n) is 8.97. The van der Waals surface area contributed by atoms with E-state index in [9.17, 15) is 4.79 Å². The molecule has 0 fully saturated rings. The number of ketones is 1. The van der Waals surface area contributed by atoms with Gasteiger partial charge in [0, 0.05) is 0 Å². The Labute approximate surface area is 75.4 Å². The van der Waals surface area contributed by atoms with E-state index >= 15 is 0 Å². The summed E-state index contributed by atoms with van der Waals surface area (Å²) in [5, 5.41) is 0. The highest BCUT2D eigenvalue weighted by Crippen LogP contribution is 1.93.